The molecule has 1 nitrogen and oxygen atoms in total. The van der Waals surface area contributed by atoms with Crippen LogP contribution in [0.2, 0.25) is 0 Å². The molecule has 0 spiro atoms. The van der Waals surface area contributed by atoms with Crippen molar-refractivity contribution in [3.8, 4) is 17.6 Å². The minimum Gasteiger partial charge on any atom is -0.494 e. The second-order valence-corrected chi connectivity index (χ2v) is 7.11. The molecule has 0 bridgehead atoms. The standard InChI is InChI=1S/C22H28OS/c1-22(2,19-11-7-3-4-8-12-19)20-13-15-21(16-14-20)23-17-9-5-6-10-18-24/h7,11-16,24H,3,5-6,9-10,17-18H2,1-2H3. The molecule has 0 saturated carbocycles. The highest BCUT2D eigenvalue weighted by Crippen LogP contribution is 2.33. The van der Waals surface area contributed by atoms with Gasteiger partial charge in [-0.05, 0) is 47.9 Å². The van der Waals surface area contributed by atoms with Gasteiger partial charge < -0.3 is 4.74 Å². The van der Waals surface area contributed by atoms with Gasteiger partial charge in [0.25, 0.3) is 0 Å². The van der Waals surface area contributed by atoms with Crippen LogP contribution in [-0.4, -0.2) is 12.4 Å². The van der Waals surface area contributed by atoms with Gasteiger partial charge >= 0.3 is 0 Å². The molecule has 0 heterocycles. The Labute approximate surface area is 152 Å². The van der Waals surface area contributed by atoms with E-state index in [0.29, 0.717) is 0 Å². The van der Waals surface area contributed by atoms with Crippen molar-refractivity contribution >= 4 is 12.6 Å². The summed E-state index contributed by atoms with van der Waals surface area (Å²) in [5.41, 5.74) is 2.48. The number of ether oxygens (including phenoxy) is 1. The maximum absolute atomic E-state index is 5.85. The highest BCUT2D eigenvalue weighted by Gasteiger charge is 2.24. The molecule has 24 heavy (non-hydrogen) atoms. The molecule has 1 aliphatic rings. The van der Waals surface area contributed by atoms with Crippen molar-refractivity contribution in [3.63, 3.8) is 0 Å². The molecular weight excluding hydrogens is 312 g/mol. The second kappa shape index (κ2) is 9.64. The zero-order chi connectivity index (χ0) is 17.3. The third-order valence-electron chi connectivity index (χ3n) is 4.47. The monoisotopic (exact) mass is 340 g/mol. The van der Waals surface area contributed by atoms with Crippen molar-refractivity contribution in [1.29, 1.82) is 0 Å². The molecule has 0 amide bonds. The minimum absolute atomic E-state index is 0.0547. The van der Waals surface area contributed by atoms with E-state index in [9.17, 15) is 0 Å². The molecule has 0 aliphatic heterocycles. The van der Waals surface area contributed by atoms with Crippen LogP contribution in [0.4, 0.5) is 0 Å². The Morgan fingerprint density at radius 1 is 1.08 bits per heavy atom. The van der Waals surface area contributed by atoms with Crippen LogP contribution in [0.25, 0.3) is 0 Å². The summed E-state index contributed by atoms with van der Waals surface area (Å²) in [5.74, 6) is 8.18. The summed E-state index contributed by atoms with van der Waals surface area (Å²) >= 11 is 4.23. The summed E-state index contributed by atoms with van der Waals surface area (Å²) in [6, 6.07) is 8.50. The van der Waals surface area contributed by atoms with Crippen LogP contribution in [0.15, 0.2) is 48.1 Å². The summed E-state index contributed by atoms with van der Waals surface area (Å²) in [4.78, 5) is 0. The largest absolute Gasteiger partial charge is 0.494 e. The predicted molar refractivity (Wildman–Crippen MR) is 107 cm³/mol. The molecule has 2 heteroatoms. The number of allylic oxidation sites excluding steroid dienone is 4. The lowest BCUT2D eigenvalue weighted by Gasteiger charge is -2.27. The molecule has 0 unspecified atom stereocenters. The minimum atomic E-state index is -0.0547. The lowest BCUT2D eigenvalue weighted by Crippen LogP contribution is -2.19. The predicted octanol–water partition coefficient (Wildman–Crippen LogP) is 5.72. The molecule has 1 aromatic carbocycles. The molecule has 2 rings (SSSR count). The topological polar surface area (TPSA) is 9.23 Å². The summed E-state index contributed by atoms with van der Waals surface area (Å²) in [6.07, 6.45) is 12.0. The summed E-state index contributed by atoms with van der Waals surface area (Å²) in [5, 5.41) is 0. The van der Waals surface area contributed by atoms with E-state index in [2.05, 4.69) is 74.7 Å². The van der Waals surface area contributed by atoms with E-state index in [1.54, 1.807) is 0 Å². The van der Waals surface area contributed by atoms with E-state index < -0.39 is 0 Å². The van der Waals surface area contributed by atoms with E-state index in [1.165, 1.54) is 30.4 Å². The van der Waals surface area contributed by atoms with Gasteiger partial charge in [-0.25, -0.2) is 0 Å². The lowest BCUT2D eigenvalue weighted by molar-refractivity contribution is 0.305. The van der Waals surface area contributed by atoms with Gasteiger partial charge in [0.05, 0.1) is 6.61 Å². The molecule has 0 N–H and O–H groups in total. The quantitative estimate of drug-likeness (QED) is 0.343. The number of unbranched alkanes of at least 4 members (excludes halogenated alkanes) is 3. The van der Waals surface area contributed by atoms with Crippen LogP contribution in [0.5, 0.6) is 5.75 Å². The SMILES string of the molecule is CC(C)(C1=CC#CCC=C1)c1ccc(OCCCCCCS)cc1. The number of hydrogen-bond acceptors (Lipinski definition) is 2. The molecule has 0 saturated heterocycles. The molecule has 1 aromatic rings. The molecule has 0 fully saturated rings. The summed E-state index contributed by atoms with van der Waals surface area (Å²) in [7, 11) is 0. The number of benzene rings is 1. The number of rotatable bonds is 9. The lowest BCUT2D eigenvalue weighted by atomic mass is 9.77. The Balaban J connectivity index is 1.91. The van der Waals surface area contributed by atoms with Gasteiger partial charge in [0, 0.05) is 11.8 Å². The van der Waals surface area contributed by atoms with Crippen molar-refractivity contribution < 1.29 is 4.74 Å². The Kier molecular flexibility index (Phi) is 7.53. The average Bonchev–Trinajstić information content (AvgIpc) is 2.88. The molecule has 0 atom stereocenters. The van der Waals surface area contributed by atoms with Gasteiger partial charge in [0.2, 0.25) is 0 Å². The van der Waals surface area contributed by atoms with Crippen molar-refractivity contribution in [1.82, 2.24) is 0 Å². The van der Waals surface area contributed by atoms with E-state index in [-0.39, 0.29) is 5.41 Å². The van der Waals surface area contributed by atoms with Gasteiger partial charge in [-0.1, -0.05) is 62.8 Å². The van der Waals surface area contributed by atoms with Crippen LogP contribution in [0.3, 0.4) is 0 Å². The average molecular weight is 341 g/mol. The van der Waals surface area contributed by atoms with E-state index >= 15 is 0 Å². The smallest absolute Gasteiger partial charge is 0.119 e. The fourth-order valence-electron chi connectivity index (χ4n) is 2.76. The zero-order valence-electron chi connectivity index (χ0n) is 14.8. The van der Waals surface area contributed by atoms with Crippen molar-refractivity contribution in [3.05, 3.63) is 53.6 Å². The van der Waals surface area contributed by atoms with Crippen LogP contribution in [-0.2, 0) is 5.41 Å². The molecular formula is C22H28OS. The second-order valence-electron chi connectivity index (χ2n) is 6.66. The Hall–Kier alpha value is -1.59. The third-order valence-corrected chi connectivity index (χ3v) is 4.78. The Bertz CT molecular complexity index is 626. The fourth-order valence-corrected chi connectivity index (χ4v) is 2.98. The molecule has 0 aromatic heterocycles. The van der Waals surface area contributed by atoms with Crippen LogP contribution >= 0.6 is 12.6 Å². The van der Waals surface area contributed by atoms with Crippen LogP contribution in [0.1, 0.15) is 51.5 Å². The maximum Gasteiger partial charge on any atom is 0.119 e. The van der Waals surface area contributed by atoms with Gasteiger partial charge in [-0.2, -0.15) is 12.6 Å². The van der Waals surface area contributed by atoms with Crippen LogP contribution in [0, 0.1) is 11.8 Å². The van der Waals surface area contributed by atoms with Crippen LogP contribution < -0.4 is 4.74 Å². The van der Waals surface area contributed by atoms with E-state index in [1.807, 2.05) is 6.08 Å². The Morgan fingerprint density at radius 3 is 2.58 bits per heavy atom. The van der Waals surface area contributed by atoms with Gasteiger partial charge in [-0.15, -0.1) is 0 Å². The highest BCUT2D eigenvalue weighted by atomic mass is 32.1. The van der Waals surface area contributed by atoms with Gasteiger partial charge in [0.15, 0.2) is 0 Å². The third kappa shape index (κ3) is 5.49. The first kappa shape index (κ1) is 18.7. The first-order chi connectivity index (χ1) is 11.6. The zero-order valence-corrected chi connectivity index (χ0v) is 15.7. The highest BCUT2D eigenvalue weighted by molar-refractivity contribution is 7.80. The number of thiol groups is 1. The van der Waals surface area contributed by atoms with Gasteiger partial charge in [0.1, 0.15) is 5.75 Å². The first-order valence-electron chi connectivity index (χ1n) is 8.84. The molecule has 1 aliphatic carbocycles. The van der Waals surface area contributed by atoms with Crippen molar-refractivity contribution in [2.75, 3.05) is 12.4 Å². The number of hydrogen-bond donors (Lipinski definition) is 1. The normalized spacial score (nSPS) is 13.7. The molecule has 0 radical (unpaired) electrons. The Morgan fingerprint density at radius 2 is 1.83 bits per heavy atom. The van der Waals surface area contributed by atoms with Crippen molar-refractivity contribution in [2.45, 2.75) is 51.4 Å². The summed E-state index contributed by atoms with van der Waals surface area (Å²) in [6.45, 7) is 5.28. The summed E-state index contributed by atoms with van der Waals surface area (Å²) < 4.78 is 5.85. The van der Waals surface area contributed by atoms with Gasteiger partial charge in [-0.3, -0.25) is 0 Å². The first-order valence-corrected chi connectivity index (χ1v) is 9.47. The van der Waals surface area contributed by atoms with E-state index in [0.717, 1.165) is 31.0 Å². The maximum atomic E-state index is 5.85. The van der Waals surface area contributed by atoms with E-state index in [4.69, 9.17) is 4.74 Å². The van der Waals surface area contributed by atoms with Crippen molar-refractivity contribution in [2.24, 2.45) is 0 Å². The fraction of sp³-hybridized carbons (Fsp3) is 0.455. The molecule has 128 valence electrons.